The van der Waals surface area contributed by atoms with Crippen LogP contribution in [0.1, 0.15) is 74.1 Å². The average Bonchev–Trinajstić information content (AvgIpc) is 2.66. The molecule has 4 atom stereocenters. The molecule has 1 fully saturated rings. The molecule has 0 saturated carbocycles. The van der Waals surface area contributed by atoms with Gasteiger partial charge in [0, 0.05) is 18.9 Å². The van der Waals surface area contributed by atoms with Crippen molar-refractivity contribution in [3.63, 3.8) is 0 Å². The lowest BCUT2D eigenvalue weighted by Gasteiger charge is -2.30. The monoisotopic (exact) mass is 429 g/mol. The summed E-state index contributed by atoms with van der Waals surface area (Å²) >= 11 is 0. The van der Waals surface area contributed by atoms with E-state index in [2.05, 4.69) is 12.2 Å². The minimum absolute atomic E-state index is 0.109. The van der Waals surface area contributed by atoms with Gasteiger partial charge in [-0.2, -0.15) is 0 Å². The number of hydrogen-bond donors (Lipinski definition) is 1. The van der Waals surface area contributed by atoms with Gasteiger partial charge in [0.1, 0.15) is 24.4 Å². The van der Waals surface area contributed by atoms with Crippen LogP contribution in [0.5, 0.6) is 0 Å². The molecule has 1 heterocycles. The van der Waals surface area contributed by atoms with E-state index in [1.165, 1.54) is 0 Å². The Morgan fingerprint density at radius 2 is 1.93 bits per heavy atom. The third-order valence-electron chi connectivity index (χ3n) is 4.85. The minimum atomic E-state index is -0.869. The summed E-state index contributed by atoms with van der Waals surface area (Å²) in [7, 11) is 0. The Labute approximate surface area is 180 Å². The molecule has 30 heavy (non-hydrogen) atoms. The first-order valence-electron chi connectivity index (χ1n) is 10.9. The van der Waals surface area contributed by atoms with Crippen molar-refractivity contribution in [2.45, 2.75) is 98.0 Å². The maximum atomic E-state index is 12.7. The van der Waals surface area contributed by atoms with E-state index in [0.29, 0.717) is 0 Å². The fourth-order valence-electron chi connectivity index (χ4n) is 3.18. The van der Waals surface area contributed by atoms with Crippen LogP contribution in [0.2, 0.25) is 0 Å². The van der Waals surface area contributed by atoms with Crippen LogP contribution in [-0.2, 0) is 28.5 Å². The van der Waals surface area contributed by atoms with Gasteiger partial charge in [0.15, 0.2) is 0 Å². The Balaban J connectivity index is 2.89. The molecule has 1 amide bonds. The first-order valence-corrected chi connectivity index (χ1v) is 10.9. The van der Waals surface area contributed by atoms with Gasteiger partial charge in [-0.05, 0) is 34.1 Å². The molecule has 0 bridgehead atoms. The van der Waals surface area contributed by atoms with Crippen molar-refractivity contribution in [1.29, 1.82) is 0 Å². The number of ether oxygens (including phenoxy) is 4. The second-order valence-corrected chi connectivity index (χ2v) is 9.13. The highest BCUT2D eigenvalue weighted by Gasteiger charge is 2.35. The predicted molar refractivity (Wildman–Crippen MR) is 112 cm³/mol. The van der Waals surface area contributed by atoms with Gasteiger partial charge in [0.05, 0.1) is 12.0 Å². The van der Waals surface area contributed by atoms with E-state index in [0.717, 1.165) is 19.3 Å². The van der Waals surface area contributed by atoms with Crippen LogP contribution in [0, 0.1) is 11.8 Å². The molecule has 0 spiro atoms. The second-order valence-electron chi connectivity index (χ2n) is 9.13. The molecule has 8 heteroatoms. The highest BCUT2D eigenvalue weighted by molar-refractivity contribution is 5.81. The van der Waals surface area contributed by atoms with Gasteiger partial charge >= 0.3 is 18.0 Å². The lowest BCUT2D eigenvalue weighted by Crippen LogP contribution is -2.45. The number of hydrogen-bond acceptors (Lipinski definition) is 7. The molecule has 1 rings (SSSR count). The van der Waals surface area contributed by atoms with Gasteiger partial charge in [-0.25, -0.2) is 9.59 Å². The minimum Gasteiger partial charge on any atom is -0.463 e. The second kappa shape index (κ2) is 12.1. The van der Waals surface area contributed by atoms with Crippen LogP contribution in [0.4, 0.5) is 4.79 Å². The summed E-state index contributed by atoms with van der Waals surface area (Å²) in [6, 6.07) is -0.869. The third-order valence-corrected chi connectivity index (χ3v) is 4.85. The molecular formula is C22H39NO7. The highest BCUT2D eigenvalue weighted by Crippen LogP contribution is 2.25. The largest absolute Gasteiger partial charge is 0.463 e. The predicted octanol–water partition coefficient (Wildman–Crippen LogP) is 3.61. The summed E-state index contributed by atoms with van der Waals surface area (Å²) in [5.74, 6) is -1.15. The summed E-state index contributed by atoms with van der Waals surface area (Å²) in [4.78, 5) is 36.7. The first kappa shape index (κ1) is 26.2. The van der Waals surface area contributed by atoms with E-state index in [1.54, 1.807) is 34.6 Å². The molecular weight excluding hydrogens is 390 g/mol. The number of nitrogens with one attached hydrogen (secondary N) is 1. The topological polar surface area (TPSA) is 100 Å². The van der Waals surface area contributed by atoms with Crippen LogP contribution in [-0.4, -0.2) is 55.1 Å². The molecule has 1 aliphatic heterocycles. The third kappa shape index (κ3) is 9.32. The maximum Gasteiger partial charge on any atom is 0.408 e. The van der Waals surface area contributed by atoms with E-state index < -0.39 is 29.8 Å². The Morgan fingerprint density at radius 3 is 2.50 bits per heavy atom. The van der Waals surface area contributed by atoms with E-state index in [1.807, 2.05) is 6.92 Å². The van der Waals surface area contributed by atoms with Gasteiger partial charge < -0.3 is 24.3 Å². The van der Waals surface area contributed by atoms with Crippen LogP contribution < -0.4 is 5.32 Å². The van der Waals surface area contributed by atoms with E-state index >= 15 is 0 Å². The normalized spacial score (nSPS) is 25.5. The number of alkyl carbamates (subject to hydrolysis) is 1. The molecule has 1 N–H and O–H groups in total. The first-order chi connectivity index (χ1) is 13.9. The van der Waals surface area contributed by atoms with Gasteiger partial charge in [-0.15, -0.1) is 0 Å². The molecule has 8 nitrogen and oxygen atoms in total. The van der Waals surface area contributed by atoms with Crippen molar-refractivity contribution in [1.82, 2.24) is 5.32 Å². The zero-order valence-corrected chi connectivity index (χ0v) is 19.5. The molecule has 174 valence electrons. The summed E-state index contributed by atoms with van der Waals surface area (Å²) in [5.41, 5.74) is -0.674. The quantitative estimate of drug-likeness (QED) is 0.487. The summed E-state index contributed by atoms with van der Waals surface area (Å²) in [6.45, 7) is 13.0. The van der Waals surface area contributed by atoms with Gasteiger partial charge in [0.2, 0.25) is 0 Å². The Kier molecular flexibility index (Phi) is 10.6. The number of cyclic esters (lactones) is 1. The van der Waals surface area contributed by atoms with E-state index in [9.17, 15) is 14.4 Å². The van der Waals surface area contributed by atoms with Crippen molar-refractivity contribution in [3.05, 3.63) is 0 Å². The average molecular weight is 430 g/mol. The standard InChI is InChI=1S/C22H39NO7/c1-8-9-10-16-15(4)29-20(25)17(23-21(26)30-22(5,6)7)11-12-27-18(16)13-28-19(24)14(2)3/h14-18H,8-13H2,1-7H3,(H,23,26)/t15-,16-,17-,18+/m0/s1. The maximum absolute atomic E-state index is 12.7. The molecule has 0 unspecified atom stereocenters. The lowest BCUT2D eigenvalue weighted by molar-refractivity contribution is -0.160. The van der Waals surface area contributed by atoms with Crippen molar-refractivity contribution in [2.75, 3.05) is 13.2 Å². The van der Waals surface area contributed by atoms with E-state index in [-0.39, 0.29) is 43.5 Å². The van der Waals surface area contributed by atoms with Crippen LogP contribution in [0.15, 0.2) is 0 Å². The SMILES string of the molecule is CCCC[C@H]1[C@H](C)OC(=O)[C@@H](NC(=O)OC(C)(C)C)CCO[C@@H]1COC(=O)C(C)C. The van der Waals surface area contributed by atoms with Crippen LogP contribution in [0.3, 0.4) is 0 Å². The Bertz CT molecular complexity index is 570. The molecule has 1 saturated heterocycles. The summed E-state index contributed by atoms with van der Waals surface area (Å²) < 4.78 is 22.4. The van der Waals surface area contributed by atoms with E-state index in [4.69, 9.17) is 18.9 Å². The number of carbonyl (C=O) groups excluding carboxylic acids is 3. The molecule has 0 aromatic carbocycles. The van der Waals surface area contributed by atoms with Crippen LogP contribution >= 0.6 is 0 Å². The molecule has 1 aliphatic rings. The van der Waals surface area contributed by atoms with Crippen molar-refractivity contribution >= 4 is 18.0 Å². The van der Waals surface area contributed by atoms with Crippen LogP contribution in [0.25, 0.3) is 0 Å². The molecule has 0 aliphatic carbocycles. The summed E-state index contributed by atoms with van der Waals surface area (Å²) in [5, 5.41) is 2.58. The number of esters is 2. The number of amides is 1. The number of unbranched alkanes of at least 4 members (excludes halogenated alkanes) is 1. The fraction of sp³-hybridized carbons (Fsp3) is 0.864. The molecule has 0 aromatic heterocycles. The van der Waals surface area contributed by atoms with Crippen molar-refractivity contribution in [3.8, 4) is 0 Å². The zero-order chi connectivity index (χ0) is 22.9. The molecule has 0 aromatic rings. The van der Waals surface area contributed by atoms with Crippen molar-refractivity contribution < 1.29 is 33.3 Å². The Morgan fingerprint density at radius 1 is 1.27 bits per heavy atom. The Hall–Kier alpha value is -1.83. The van der Waals surface area contributed by atoms with Crippen molar-refractivity contribution in [2.24, 2.45) is 11.8 Å². The van der Waals surface area contributed by atoms with Gasteiger partial charge in [-0.3, -0.25) is 4.79 Å². The van der Waals surface area contributed by atoms with Gasteiger partial charge in [-0.1, -0.05) is 33.6 Å². The smallest absolute Gasteiger partial charge is 0.408 e. The fourth-order valence-corrected chi connectivity index (χ4v) is 3.18. The zero-order valence-electron chi connectivity index (χ0n) is 19.5. The number of rotatable bonds is 7. The molecule has 0 radical (unpaired) electrons. The number of carbonyl (C=O) groups is 3. The van der Waals surface area contributed by atoms with Gasteiger partial charge in [0.25, 0.3) is 0 Å². The summed E-state index contributed by atoms with van der Waals surface area (Å²) in [6.07, 6.45) is 1.41. The highest BCUT2D eigenvalue weighted by atomic mass is 16.6. The lowest BCUT2D eigenvalue weighted by atomic mass is 9.91.